The van der Waals surface area contributed by atoms with Crippen LogP contribution in [0.5, 0.6) is 0 Å². The van der Waals surface area contributed by atoms with Crippen LogP contribution in [0.15, 0.2) is 36.4 Å². The number of aryl methyl sites for hydroxylation is 2. The summed E-state index contributed by atoms with van der Waals surface area (Å²) >= 11 is 0. The Kier molecular flexibility index (Phi) is 4.58. The zero-order chi connectivity index (χ0) is 15.4. The minimum absolute atomic E-state index is 0.139. The van der Waals surface area contributed by atoms with Crippen molar-refractivity contribution in [1.82, 2.24) is 0 Å². The topological polar surface area (TPSA) is 41.1 Å². The van der Waals surface area contributed by atoms with E-state index in [2.05, 4.69) is 10.6 Å². The van der Waals surface area contributed by atoms with Crippen LogP contribution in [0, 0.1) is 26.6 Å². The van der Waals surface area contributed by atoms with Gasteiger partial charge >= 0.3 is 0 Å². The summed E-state index contributed by atoms with van der Waals surface area (Å²) in [5, 5.41) is 5.82. The summed E-state index contributed by atoms with van der Waals surface area (Å²) in [6.45, 7) is 6.00. The number of halogens is 1. The van der Waals surface area contributed by atoms with Crippen LogP contribution in [0.2, 0.25) is 0 Å². The fourth-order valence-corrected chi connectivity index (χ4v) is 2.04. The van der Waals surface area contributed by atoms with Crippen molar-refractivity contribution in [3.63, 3.8) is 0 Å². The lowest BCUT2D eigenvalue weighted by Gasteiger charge is -2.12. The van der Waals surface area contributed by atoms with Crippen LogP contribution in [0.3, 0.4) is 0 Å². The number of benzene rings is 2. The Balaban J connectivity index is 1.99. The van der Waals surface area contributed by atoms with Gasteiger partial charge in [0, 0.05) is 11.4 Å². The third kappa shape index (κ3) is 3.81. The molecule has 0 aliphatic carbocycles. The molecule has 0 heterocycles. The first kappa shape index (κ1) is 15.0. The molecule has 0 spiro atoms. The number of carbonyl (C=O) groups excluding carboxylic acids is 1. The number of nitrogens with one attached hydrogen (secondary N) is 2. The van der Waals surface area contributed by atoms with E-state index in [4.69, 9.17) is 0 Å². The van der Waals surface area contributed by atoms with E-state index in [1.807, 2.05) is 39.0 Å². The van der Waals surface area contributed by atoms with Gasteiger partial charge in [0.05, 0.1) is 6.54 Å². The van der Waals surface area contributed by atoms with Crippen molar-refractivity contribution in [3.05, 3.63) is 58.9 Å². The SMILES string of the molecule is Cc1ccc(F)cc1NC(=O)CNc1cccc(C)c1C. The smallest absolute Gasteiger partial charge is 0.243 e. The van der Waals surface area contributed by atoms with E-state index in [-0.39, 0.29) is 18.3 Å². The summed E-state index contributed by atoms with van der Waals surface area (Å²) in [5.41, 5.74) is 4.55. The number of rotatable bonds is 4. The molecule has 0 saturated heterocycles. The van der Waals surface area contributed by atoms with Crippen LogP contribution in [0.1, 0.15) is 16.7 Å². The minimum atomic E-state index is -0.363. The first-order valence-electron chi connectivity index (χ1n) is 6.83. The zero-order valence-electron chi connectivity index (χ0n) is 12.5. The second-order valence-corrected chi connectivity index (χ2v) is 5.11. The van der Waals surface area contributed by atoms with Gasteiger partial charge in [-0.1, -0.05) is 18.2 Å². The van der Waals surface area contributed by atoms with Crippen LogP contribution >= 0.6 is 0 Å². The highest BCUT2D eigenvalue weighted by Crippen LogP contribution is 2.18. The quantitative estimate of drug-likeness (QED) is 0.897. The summed E-state index contributed by atoms with van der Waals surface area (Å²) in [6, 6.07) is 10.2. The summed E-state index contributed by atoms with van der Waals surface area (Å²) in [4.78, 5) is 11.9. The molecule has 0 bridgehead atoms. The summed E-state index contributed by atoms with van der Waals surface area (Å²) < 4.78 is 13.2. The van der Waals surface area contributed by atoms with Gasteiger partial charge < -0.3 is 10.6 Å². The molecule has 1 amide bonds. The van der Waals surface area contributed by atoms with Gasteiger partial charge in [-0.2, -0.15) is 0 Å². The van der Waals surface area contributed by atoms with Gasteiger partial charge in [0.1, 0.15) is 5.82 Å². The van der Waals surface area contributed by atoms with Crippen molar-refractivity contribution < 1.29 is 9.18 Å². The first-order chi connectivity index (χ1) is 9.97. The van der Waals surface area contributed by atoms with Gasteiger partial charge in [-0.25, -0.2) is 4.39 Å². The highest BCUT2D eigenvalue weighted by molar-refractivity contribution is 5.94. The van der Waals surface area contributed by atoms with Gasteiger partial charge in [-0.15, -0.1) is 0 Å². The lowest BCUT2D eigenvalue weighted by atomic mass is 10.1. The number of hydrogen-bond donors (Lipinski definition) is 2. The molecule has 0 radical (unpaired) electrons. The molecule has 0 unspecified atom stereocenters. The van der Waals surface area contributed by atoms with Crippen LogP contribution < -0.4 is 10.6 Å². The molecule has 0 saturated carbocycles. The van der Waals surface area contributed by atoms with Gasteiger partial charge in [0.25, 0.3) is 0 Å². The number of hydrogen-bond acceptors (Lipinski definition) is 2. The molecule has 0 aliphatic heterocycles. The van der Waals surface area contributed by atoms with E-state index in [0.29, 0.717) is 5.69 Å². The van der Waals surface area contributed by atoms with Crippen molar-refractivity contribution >= 4 is 17.3 Å². The lowest BCUT2D eigenvalue weighted by Crippen LogP contribution is -2.22. The number of amides is 1. The molecule has 0 fully saturated rings. The van der Waals surface area contributed by atoms with Gasteiger partial charge in [0.2, 0.25) is 5.91 Å². The highest BCUT2D eigenvalue weighted by atomic mass is 19.1. The molecule has 0 aliphatic rings. The van der Waals surface area contributed by atoms with E-state index in [9.17, 15) is 9.18 Å². The maximum absolute atomic E-state index is 13.2. The predicted octanol–water partition coefficient (Wildman–Crippen LogP) is 3.80. The average molecular weight is 286 g/mol. The molecular formula is C17H19FN2O. The van der Waals surface area contributed by atoms with E-state index in [0.717, 1.165) is 16.8 Å². The molecule has 21 heavy (non-hydrogen) atoms. The average Bonchev–Trinajstić information content (AvgIpc) is 2.44. The fraction of sp³-hybridized carbons (Fsp3) is 0.235. The van der Waals surface area contributed by atoms with Gasteiger partial charge in [-0.05, 0) is 55.7 Å². The molecule has 0 aromatic heterocycles. The molecule has 4 heteroatoms. The van der Waals surface area contributed by atoms with E-state index in [1.54, 1.807) is 6.07 Å². The Hall–Kier alpha value is -2.36. The molecule has 3 nitrogen and oxygen atoms in total. The van der Waals surface area contributed by atoms with Crippen molar-refractivity contribution in [3.8, 4) is 0 Å². The van der Waals surface area contributed by atoms with Gasteiger partial charge in [0.15, 0.2) is 0 Å². The third-order valence-electron chi connectivity index (χ3n) is 3.52. The maximum atomic E-state index is 13.2. The van der Waals surface area contributed by atoms with Crippen molar-refractivity contribution in [2.75, 3.05) is 17.2 Å². The molecule has 2 aromatic carbocycles. The standard InChI is InChI=1S/C17H19FN2O/c1-11-5-4-6-15(13(11)3)19-10-17(21)20-16-9-14(18)8-7-12(16)2/h4-9,19H,10H2,1-3H3,(H,20,21). The minimum Gasteiger partial charge on any atom is -0.376 e. The van der Waals surface area contributed by atoms with Crippen molar-refractivity contribution in [2.24, 2.45) is 0 Å². The molecule has 2 N–H and O–H groups in total. The third-order valence-corrected chi connectivity index (χ3v) is 3.52. The Morgan fingerprint density at radius 3 is 2.57 bits per heavy atom. The maximum Gasteiger partial charge on any atom is 0.243 e. The molecule has 2 rings (SSSR count). The van der Waals surface area contributed by atoms with Crippen molar-refractivity contribution in [2.45, 2.75) is 20.8 Å². The van der Waals surface area contributed by atoms with Crippen LogP contribution in [0.4, 0.5) is 15.8 Å². The number of anilines is 2. The second-order valence-electron chi connectivity index (χ2n) is 5.11. The fourth-order valence-electron chi connectivity index (χ4n) is 2.04. The summed E-state index contributed by atoms with van der Waals surface area (Å²) in [5.74, 6) is -0.567. The van der Waals surface area contributed by atoms with E-state index in [1.165, 1.54) is 17.7 Å². The molecule has 2 aromatic rings. The normalized spacial score (nSPS) is 10.3. The molecule has 110 valence electrons. The highest BCUT2D eigenvalue weighted by Gasteiger charge is 2.07. The largest absolute Gasteiger partial charge is 0.376 e. The first-order valence-corrected chi connectivity index (χ1v) is 6.83. The summed E-state index contributed by atoms with van der Waals surface area (Å²) in [7, 11) is 0. The predicted molar refractivity (Wildman–Crippen MR) is 84.2 cm³/mol. The van der Waals surface area contributed by atoms with Crippen LogP contribution in [-0.2, 0) is 4.79 Å². The Morgan fingerprint density at radius 2 is 1.81 bits per heavy atom. The second kappa shape index (κ2) is 6.39. The monoisotopic (exact) mass is 286 g/mol. The molecule has 0 atom stereocenters. The summed E-state index contributed by atoms with van der Waals surface area (Å²) in [6.07, 6.45) is 0. The number of carbonyl (C=O) groups is 1. The lowest BCUT2D eigenvalue weighted by molar-refractivity contribution is -0.114. The van der Waals surface area contributed by atoms with Crippen LogP contribution in [0.25, 0.3) is 0 Å². The van der Waals surface area contributed by atoms with Crippen LogP contribution in [-0.4, -0.2) is 12.5 Å². The Bertz CT molecular complexity index is 668. The Morgan fingerprint density at radius 1 is 1.05 bits per heavy atom. The molecular weight excluding hydrogens is 267 g/mol. The Labute approximate surface area is 124 Å². The van der Waals surface area contributed by atoms with E-state index >= 15 is 0 Å². The van der Waals surface area contributed by atoms with Crippen molar-refractivity contribution in [1.29, 1.82) is 0 Å². The van der Waals surface area contributed by atoms with Gasteiger partial charge in [-0.3, -0.25) is 4.79 Å². The van der Waals surface area contributed by atoms with E-state index < -0.39 is 0 Å². The zero-order valence-corrected chi connectivity index (χ0v) is 12.5.